The Morgan fingerprint density at radius 3 is 2.74 bits per heavy atom. The summed E-state index contributed by atoms with van der Waals surface area (Å²) in [5.74, 6) is 1.88. The Morgan fingerprint density at radius 2 is 2.00 bits per heavy atom. The lowest BCUT2D eigenvalue weighted by Gasteiger charge is -2.32. The predicted molar refractivity (Wildman–Crippen MR) is 136 cm³/mol. The fourth-order valence-corrected chi connectivity index (χ4v) is 5.20. The van der Waals surface area contributed by atoms with Crippen LogP contribution >= 0.6 is 0 Å². The van der Waals surface area contributed by atoms with E-state index in [0.29, 0.717) is 18.5 Å². The van der Waals surface area contributed by atoms with Crippen LogP contribution in [0.25, 0.3) is 16.6 Å². The van der Waals surface area contributed by atoms with E-state index in [1.807, 2.05) is 30.8 Å². The Hall–Kier alpha value is -2.75. The van der Waals surface area contributed by atoms with Crippen LogP contribution in [-0.4, -0.2) is 76.4 Å². The third kappa shape index (κ3) is 5.27. The largest absolute Gasteiger partial charge is 0.390 e. The molecule has 2 fully saturated rings. The Bertz CT molecular complexity index is 1150. The van der Waals surface area contributed by atoms with Crippen molar-refractivity contribution >= 4 is 17.3 Å². The number of aromatic nitrogens is 4. The third-order valence-electron chi connectivity index (χ3n) is 7.21. The first-order valence-electron chi connectivity index (χ1n) is 12.6. The maximum atomic E-state index is 10.5. The molecule has 1 atom stereocenters. The molecular formula is C26H36N6O3. The number of ether oxygens (including phenoxy) is 2. The Kier molecular flexibility index (Phi) is 6.91. The number of rotatable bonds is 7. The lowest BCUT2D eigenvalue weighted by atomic mass is 9.78. The molecule has 35 heavy (non-hydrogen) atoms. The molecule has 1 aliphatic heterocycles. The van der Waals surface area contributed by atoms with Gasteiger partial charge in [0.05, 0.1) is 37.1 Å². The van der Waals surface area contributed by atoms with Gasteiger partial charge in [0.1, 0.15) is 5.82 Å². The second-order valence-corrected chi connectivity index (χ2v) is 10.1. The molecule has 0 aromatic carbocycles. The summed E-state index contributed by atoms with van der Waals surface area (Å²) in [4.78, 5) is 11.5. The average molecular weight is 481 g/mol. The highest BCUT2D eigenvalue weighted by Gasteiger charge is 2.31. The van der Waals surface area contributed by atoms with Crippen LogP contribution < -0.4 is 10.2 Å². The first kappa shape index (κ1) is 24.0. The zero-order chi connectivity index (χ0) is 24.4. The van der Waals surface area contributed by atoms with Crippen LogP contribution in [-0.2, 0) is 9.47 Å². The number of nitrogens with zero attached hydrogens (tertiary/aromatic N) is 5. The summed E-state index contributed by atoms with van der Waals surface area (Å²) in [6, 6.07) is 6.57. The second kappa shape index (κ2) is 10.1. The van der Waals surface area contributed by atoms with Crippen molar-refractivity contribution in [2.45, 2.75) is 57.1 Å². The van der Waals surface area contributed by atoms with Gasteiger partial charge in [-0.25, -0.2) is 14.5 Å². The molecule has 5 rings (SSSR count). The lowest BCUT2D eigenvalue weighted by molar-refractivity contribution is 0.0167. The summed E-state index contributed by atoms with van der Waals surface area (Å²) in [5.41, 5.74) is 3.76. The molecule has 0 bridgehead atoms. The third-order valence-corrected chi connectivity index (χ3v) is 7.21. The second-order valence-electron chi connectivity index (χ2n) is 10.1. The molecule has 4 heterocycles. The molecule has 0 radical (unpaired) electrons. The minimum atomic E-state index is -0.582. The van der Waals surface area contributed by atoms with Crippen molar-refractivity contribution in [2.24, 2.45) is 0 Å². The zero-order valence-corrected chi connectivity index (χ0v) is 20.9. The van der Waals surface area contributed by atoms with E-state index in [4.69, 9.17) is 14.6 Å². The molecule has 3 aromatic rings. The number of anilines is 2. The van der Waals surface area contributed by atoms with Gasteiger partial charge in [0.2, 0.25) is 5.95 Å². The zero-order valence-electron chi connectivity index (χ0n) is 20.9. The number of pyridine rings is 1. The maximum Gasteiger partial charge on any atom is 0.241 e. The van der Waals surface area contributed by atoms with Gasteiger partial charge in [0, 0.05) is 49.6 Å². The van der Waals surface area contributed by atoms with E-state index in [9.17, 15) is 5.11 Å². The van der Waals surface area contributed by atoms with Gasteiger partial charge in [-0.2, -0.15) is 0 Å². The lowest BCUT2D eigenvalue weighted by Crippen LogP contribution is -2.36. The predicted octanol–water partition coefficient (Wildman–Crippen LogP) is 3.48. The Morgan fingerprint density at radius 1 is 1.23 bits per heavy atom. The van der Waals surface area contributed by atoms with E-state index in [2.05, 4.69) is 38.4 Å². The summed E-state index contributed by atoms with van der Waals surface area (Å²) in [6.07, 6.45) is 7.23. The van der Waals surface area contributed by atoms with Gasteiger partial charge in [-0.05, 0) is 63.3 Å². The van der Waals surface area contributed by atoms with Crippen LogP contribution in [0.1, 0.15) is 51.1 Å². The van der Waals surface area contributed by atoms with Crippen molar-refractivity contribution in [3.8, 4) is 11.1 Å². The number of morpholine rings is 1. The van der Waals surface area contributed by atoms with Gasteiger partial charge in [-0.15, -0.1) is 5.10 Å². The molecule has 3 aromatic heterocycles. The molecule has 188 valence electrons. The Balaban J connectivity index is 1.54. The summed E-state index contributed by atoms with van der Waals surface area (Å²) < 4.78 is 12.8. The summed E-state index contributed by atoms with van der Waals surface area (Å²) in [6.45, 7) is 7.70. The average Bonchev–Trinajstić information content (AvgIpc) is 3.24. The SMILES string of the molecule is COC[C@H](C)Nc1ncc2c(-c3ccnc(N4CCOCC4)c3)cc([C@H]3CC[C@@](C)(O)CC3)n2n1. The van der Waals surface area contributed by atoms with Gasteiger partial charge in [-0.1, -0.05) is 0 Å². The highest BCUT2D eigenvalue weighted by atomic mass is 16.5. The molecule has 2 N–H and O–H groups in total. The quantitative estimate of drug-likeness (QED) is 0.531. The van der Waals surface area contributed by atoms with Crippen molar-refractivity contribution < 1.29 is 14.6 Å². The van der Waals surface area contributed by atoms with Crippen molar-refractivity contribution in [1.29, 1.82) is 0 Å². The Labute approximate surface area is 206 Å². The summed E-state index contributed by atoms with van der Waals surface area (Å²) >= 11 is 0. The number of aliphatic hydroxyl groups is 1. The summed E-state index contributed by atoms with van der Waals surface area (Å²) in [5, 5.41) is 18.8. The van der Waals surface area contributed by atoms with E-state index >= 15 is 0 Å². The van der Waals surface area contributed by atoms with Gasteiger partial charge < -0.3 is 24.8 Å². The van der Waals surface area contributed by atoms with Gasteiger partial charge in [0.15, 0.2) is 0 Å². The first-order chi connectivity index (χ1) is 16.9. The number of nitrogens with one attached hydrogen (secondary N) is 1. The first-order valence-corrected chi connectivity index (χ1v) is 12.6. The topological polar surface area (TPSA) is 97.0 Å². The van der Waals surface area contributed by atoms with Crippen LogP contribution in [0.3, 0.4) is 0 Å². The monoisotopic (exact) mass is 480 g/mol. The van der Waals surface area contributed by atoms with Crippen LogP contribution in [0.4, 0.5) is 11.8 Å². The van der Waals surface area contributed by atoms with E-state index in [-0.39, 0.29) is 6.04 Å². The number of fused-ring (bicyclic) bond motifs is 1. The van der Waals surface area contributed by atoms with Crippen LogP contribution in [0.15, 0.2) is 30.6 Å². The number of hydrogen-bond donors (Lipinski definition) is 2. The van der Waals surface area contributed by atoms with Crippen molar-refractivity contribution in [1.82, 2.24) is 19.6 Å². The molecule has 9 heteroatoms. The van der Waals surface area contributed by atoms with Gasteiger partial charge in [-0.3, -0.25) is 0 Å². The molecule has 0 unspecified atom stereocenters. The molecule has 1 saturated heterocycles. The highest BCUT2D eigenvalue weighted by Crippen LogP contribution is 2.40. The molecule has 0 spiro atoms. The number of methoxy groups -OCH3 is 1. The normalized spacial score (nSPS) is 24.0. The standard InChI is InChI=1S/C26H36N6O3/c1-18(17-34-3)29-25-28-16-23-21(20-6-9-27-24(14-20)31-10-12-35-13-11-31)15-22(32(23)30-25)19-4-7-26(2,33)8-5-19/h6,9,14-16,18-19,33H,4-5,7-8,10-13,17H2,1-3H3,(H,29,30)/t18-,19-,26+/m0/s1. The maximum absolute atomic E-state index is 10.5. The van der Waals surface area contributed by atoms with Crippen molar-refractivity contribution in [3.63, 3.8) is 0 Å². The molecule has 0 amide bonds. The minimum absolute atomic E-state index is 0.0944. The number of hydrogen-bond acceptors (Lipinski definition) is 8. The van der Waals surface area contributed by atoms with E-state index in [1.165, 1.54) is 5.69 Å². The van der Waals surface area contributed by atoms with Gasteiger partial charge >= 0.3 is 0 Å². The molecular weight excluding hydrogens is 444 g/mol. The van der Waals surface area contributed by atoms with Crippen molar-refractivity contribution in [3.05, 3.63) is 36.3 Å². The minimum Gasteiger partial charge on any atom is -0.390 e. The highest BCUT2D eigenvalue weighted by molar-refractivity contribution is 5.82. The van der Waals surface area contributed by atoms with Crippen LogP contribution in [0, 0.1) is 0 Å². The fourth-order valence-electron chi connectivity index (χ4n) is 5.20. The smallest absolute Gasteiger partial charge is 0.241 e. The fraction of sp³-hybridized carbons (Fsp3) is 0.577. The molecule has 2 aliphatic rings. The summed E-state index contributed by atoms with van der Waals surface area (Å²) in [7, 11) is 1.69. The molecule has 9 nitrogen and oxygen atoms in total. The van der Waals surface area contributed by atoms with Crippen LogP contribution in [0.2, 0.25) is 0 Å². The van der Waals surface area contributed by atoms with Crippen LogP contribution in [0.5, 0.6) is 0 Å². The van der Waals surface area contributed by atoms with E-state index < -0.39 is 5.60 Å². The molecule has 1 saturated carbocycles. The molecule has 1 aliphatic carbocycles. The van der Waals surface area contributed by atoms with E-state index in [1.54, 1.807) is 7.11 Å². The van der Waals surface area contributed by atoms with Crippen molar-refractivity contribution in [2.75, 3.05) is 50.2 Å². The van der Waals surface area contributed by atoms with E-state index in [0.717, 1.165) is 74.4 Å². The van der Waals surface area contributed by atoms with Gasteiger partial charge in [0.25, 0.3) is 0 Å².